The second-order valence-electron chi connectivity index (χ2n) is 4.32. The van der Waals surface area contributed by atoms with E-state index < -0.39 is 18.0 Å². The zero-order chi connectivity index (χ0) is 14.8. The van der Waals surface area contributed by atoms with Crippen molar-refractivity contribution in [2.75, 3.05) is 13.2 Å². The molecule has 0 aromatic heterocycles. The number of benzene rings is 1. The van der Waals surface area contributed by atoms with E-state index in [4.69, 9.17) is 4.74 Å². The molecule has 0 aliphatic rings. The molecule has 0 heterocycles. The molecule has 0 spiro atoms. The van der Waals surface area contributed by atoms with Crippen molar-refractivity contribution in [2.45, 2.75) is 26.1 Å². The first-order valence-electron chi connectivity index (χ1n) is 6.60. The highest BCUT2D eigenvalue weighted by Crippen LogP contribution is 2.10. The topological polar surface area (TPSA) is 72.8 Å². The van der Waals surface area contributed by atoms with Crippen LogP contribution in [0.25, 0.3) is 0 Å². The molecule has 1 rings (SSSR count). The van der Waals surface area contributed by atoms with E-state index in [0.29, 0.717) is 12.9 Å². The van der Waals surface area contributed by atoms with E-state index >= 15 is 0 Å². The van der Waals surface area contributed by atoms with E-state index in [9.17, 15) is 14.7 Å². The van der Waals surface area contributed by atoms with E-state index in [1.54, 1.807) is 6.92 Å². The Labute approximate surface area is 118 Å². The molecule has 110 valence electrons. The fourth-order valence-corrected chi connectivity index (χ4v) is 1.69. The molecule has 0 unspecified atom stereocenters. The predicted molar refractivity (Wildman–Crippen MR) is 72.9 cm³/mol. The number of aliphatic hydroxyl groups is 1. The van der Waals surface area contributed by atoms with Crippen LogP contribution in [0.4, 0.5) is 0 Å². The Hall–Kier alpha value is -1.72. The van der Waals surface area contributed by atoms with Gasteiger partial charge in [-0.15, -0.1) is 0 Å². The molecule has 0 bridgehead atoms. The van der Waals surface area contributed by atoms with Crippen LogP contribution in [0.1, 0.15) is 18.9 Å². The molecule has 1 aromatic carbocycles. The molecule has 0 amide bonds. The average molecular weight is 280 g/mol. The fourth-order valence-electron chi connectivity index (χ4n) is 1.69. The molecule has 1 N–H and O–H groups in total. The molecular weight excluding hydrogens is 260 g/mol. The van der Waals surface area contributed by atoms with Crippen molar-refractivity contribution in [1.29, 1.82) is 0 Å². The molecule has 5 nitrogen and oxygen atoms in total. The first-order chi connectivity index (χ1) is 9.69. The molecule has 0 saturated heterocycles. The van der Waals surface area contributed by atoms with Gasteiger partial charge in [0, 0.05) is 6.61 Å². The number of aldehydes is 1. The molecule has 0 saturated carbocycles. The molecular formula is C15H20O5. The fraction of sp³-hybridized carbons (Fsp3) is 0.467. The summed E-state index contributed by atoms with van der Waals surface area (Å²) >= 11 is 0. The van der Waals surface area contributed by atoms with Crippen LogP contribution in [0.3, 0.4) is 0 Å². The van der Waals surface area contributed by atoms with Crippen LogP contribution in [0, 0.1) is 5.92 Å². The Morgan fingerprint density at radius 1 is 1.35 bits per heavy atom. The Morgan fingerprint density at radius 3 is 2.65 bits per heavy atom. The Morgan fingerprint density at radius 2 is 2.05 bits per heavy atom. The van der Waals surface area contributed by atoms with Crippen molar-refractivity contribution in [1.82, 2.24) is 0 Å². The van der Waals surface area contributed by atoms with Crippen molar-refractivity contribution < 1.29 is 24.2 Å². The largest absolute Gasteiger partial charge is 0.464 e. The lowest BCUT2D eigenvalue weighted by Gasteiger charge is -2.16. The first kappa shape index (κ1) is 16.3. The maximum Gasteiger partial charge on any atom is 0.335 e. The standard InChI is InChI=1S/C15H20O5/c1-2-20-15(18)14(17)13(10-16)8-9-19-11-12-6-4-3-5-7-12/h3-7,10,13-14,17H,2,8-9,11H2,1H3/t13-,14-/m1/s1. The number of esters is 1. The first-order valence-corrected chi connectivity index (χ1v) is 6.60. The molecule has 0 fully saturated rings. The highest BCUT2D eigenvalue weighted by atomic mass is 16.5. The van der Waals surface area contributed by atoms with Gasteiger partial charge in [0.2, 0.25) is 0 Å². The van der Waals surface area contributed by atoms with Gasteiger partial charge < -0.3 is 19.4 Å². The van der Waals surface area contributed by atoms with Gasteiger partial charge in [-0.2, -0.15) is 0 Å². The third-order valence-corrected chi connectivity index (χ3v) is 2.82. The number of ether oxygens (including phenoxy) is 2. The van der Waals surface area contributed by atoms with Gasteiger partial charge in [0.05, 0.1) is 19.1 Å². The van der Waals surface area contributed by atoms with Crippen LogP contribution in [-0.4, -0.2) is 36.7 Å². The predicted octanol–water partition coefficient (Wildman–Crippen LogP) is 1.33. The number of aliphatic hydroxyl groups excluding tert-OH is 1. The molecule has 20 heavy (non-hydrogen) atoms. The van der Waals surface area contributed by atoms with Crippen LogP contribution in [-0.2, 0) is 25.7 Å². The Balaban J connectivity index is 2.31. The van der Waals surface area contributed by atoms with Gasteiger partial charge in [-0.05, 0) is 18.9 Å². The highest BCUT2D eigenvalue weighted by Gasteiger charge is 2.26. The van der Waals surface area contributed by atoms with Crippen molar-refractivity contribution >= 4 is 12.3 Å². The molecule has 2 atom stereocenters. The van der Waals surface area contributed by atoms with E-state index in [2.05, 4.69) is 4.74 Å². The summed E-state index contributed by atoms with van der Waals surface area (Å²) in [5.41, 5.74) is 1.03. The summed E-state index contributed by atoms with van der Waals surface area (Å²) in [6.45, 7) is 2.53. The quantitative estimate of drug-likeness (QED) is 0.420. The molecule has 0 aliphatic heterocycles. The lowest BCUT2D eigenvalue weighted by atomic mass is 10.0. The van der Waals surface area contributed by atoms with Crippen LogP contribution >= 0.6 is 0 Å². The number of carbonyl (C=O) groups is 2. The third-order valence-electron chi connectivity index (χ3n) is 2.82. The highest BCUT2D eigenvalue weighted by molar-refractivity contribution is 5.78. The molecule has 5 heteroatoms. The van der Waals surface area contributed by atoms with Crippen LogP contribution in [0.15, 0.2) is 30.3 Å². The summed E-state index contributed by atoms with van der Waals surface area (Å²) in [5, 5.41) is 9.66. The summed E-state index contributed by atoms with van der Waals surface area (Å²) < 4.78 is 10.1. The van der Waals surface area contributed by atoms with Gasteiger partial charge in [0.1, 0.15) is 6.29 Å². The maximum absolute atomic E-state index is 11.3. The summed E-state index contributed by atoms with van der Waals surface area (Å²) in [4.78, 5) is 22.2. The molecule has 0 aliphatic carbocycles. The summed E-state index contributed by atoms with van der Waals surface area (Å²) in [5.74, 6) is -1.57. The number of hydrogen-bond acceptors (Lipinski definition) is 5. The average Bonchev–Trinajstić information content (AvgIpc) is 2.48. The lowest BCUT2D eigenvalue weighted by Crippen LogP contribution is -2.33. The van der Waals surface area contributed by atoms with Crippen molar-refractivity contribution in [3.63, 3.8) is 0 Å². The zero-order valence-corrected chi connectivity index (χ0v) is 11.5. The minimum absolute atomic E-state index is 0.173. The van der Waals surface area contributed by atoms with Gasteiger partial charge >= 0.3 is 5.97 Å². The van der Waals surface area contributed by atoms with E-state index in [-0.39, 0.29) is 19.6 Å². The van der Waals surface area contributed by atoms with Crippen molar-refractivity contribution in [3.05, 3.63) is 35.9 Å². The molecule has 1 aromatic rings. The second kappa shape index (κ2) is 9.23. The van der Waals surface area contributed by atoms with Crippen molar-refractivity contribution in [2.24, 2.45) is 5.92 Å². The van der Waals surface area contributed by atoms with Gasteiger partial charge in [0.25, 0.3) is 0 Å². The number of rotatable bonds is 9. The van der Waals surface area contributed by atoms with Gasteiger partial charge in [-0.25, -0.2) is 4.79 Å². The minimum Gasteiger partial charge on any atom is -0.464 e. The summed E-state index contributed by atoms with van der Waals surface area (Å²) in [7, 11) is 0. The van der Waals surface area contributed by atoms with E-state index in [1.807, 2.05) is 30.3 Å². The minimum atomic E-state index is -1.42. The number of hydrogen-bond donors (Lipinski definition) is 1. The molecule has 0 radical (unpaired) electrons. The number of carbonyl (C=O) groups excluding carboxylic acids is 2. The van der Waals surface area contributed by atoms with Gasteiger partial charge in [-0.3, -0.25) is 0 Å². The summed E-state index contributed by atoms with van der Waals surface area (Å²) in [6.07, 6.45) is -0.586. The monoisotopic (exact) mass is 280 g/mol. The summed E-state index contributed by atoms with van der Waals surface area (Å²) in [6, 6.07) is 9.62. The maximum atomic E-state index is 11.3. The zero-order valence-electron chi connectivity index (χ0n) is 11.5. The van der Waals surface area contributed by atoms with Crippen LogP contribution in [0.5, 0.6) is 0 Å². The third kappa shape index (κ3) is 5.50. The second-order valence-corrected chi connectivity index (χ2v) is 4.32. The van der Waals surface area contributed by atoms with Crippen LogP contribution in [0.2, 0.25) is 0 Å². The van der Waals surface area contributed by atoms with Gasteiger partial charge in [0.15, 0.2) is 6.10 Å². The normalized spacial score (nSPS) is 13.5. The van der Waals surface area contributed by atoms with Crippen molar-refractivity contribution in [3.8, 4) is 0 Å². The smallest absolute Gasteiger partial charge is 0.335 e. The Bertz CT molecular complexity index is 404. The SMILES string of the molecule is CCOC(=O)[C@H](O)[C@@H](C=O)CCOCc1ccccc1. The van der Waals surface area contributed by atoms with E-state index in [1.165, 1.54) is 0 Å². The lowest BCUT2D eigenvalue weighted by molar-refractivity contribution is -0.157. The van der Waals surface area contributed by atoms with Crippen LogP contribution < -0.4 is 0 Å². The van der Waals surface area contributed by atoms with Gasteiger partial charge in [-0.1, -0.05) is 30.3 Å². The van der Waals surface area contributed by atoms with E-state index in [0.717, 1.165) is 5.56 Å². The Kier molecular flexibility index (Phi) is 7.54.